The number of hydrogen-bond acceptors (Lipinski definition) is 1. The van der Waals surface area contributed by atoms with Gasteiger partial charge in [0.25, 0.3) is 0 Å². The summed E-state index contributed by atoms with van der Waals surface area (Å²) in [6.45, 7) is 4.04. The Morgan fingerprint density at radius 1 is 0.900 bits per heavy atom. The van der Waals surface area contributed by atoms with E-state index in [-0.39, 0.29) is 5.78 Å². The first-order valence-corrected chi connectivity index (χ1v) is 7.39. The van der Waals surface area contributed by atoms with Crippen molar-refractivity contribution in [2.24, 2.45) is 0 Å². The van der Waals surface area contributed by atoms with Gasteiger partial charge in [0, 0.05) is 11.1 Å². The van der Waals surface area contributed by atoms with Gasteiger partial charge in [-0.2, -0.15) is 0 Å². The minimum absolute atomic E-state index is 0.152. The first-order chi connectivity index (χ1) is 9.65. The Hall–Kier alpha value is -1.89. The third-order valence-electron chi connectivity index (χ3n) is 4.25. The van der Waals surface area contributed by atoms with Crippen molar-refractivity contribution in [3.05, 3.63) is 69.8 Å². The van der Waals surface area contributed by atoms with Crippen molar-refractivity contribution in [1.82, 2.24) is 0 Å². The van der Waals surface area contributed by atoms with Crippen molar-refractivity contribution in [3.63, 3.8) is 0 Å². The van der Waals surface area contributed by atoms with Crippen LogP contribution in [0.5, 0.6) is 0 Å². The van der Waals surface area contributed by atoms with E-state index in [1.165, 1.54) is 24.0 Å². The molecule has 2 aromatic carbocycles. The van der Waals surface area contributed by atoms with Crippen molar-refractivity contribution in [2.75, 3.05) is 0 Å². The number of rotatable bonds is 2. The molecule has 0 aromatic heterocycles. The predicted molar refractivity (Wildman–Crippen MR) is 82.4 cm³/mol. The SMILES string of the molecule is Cc1ccc(C)c(C(=O)c2ccc3c(c2)CCCC3)c1. The highest BCUT2D eigenvalue weighted by atomic mass is 16.1. The van der Waals surface area contributed by atoms with E-state index in [4.69, 9.17) is 0 Å². The van der Waals surface area contributed by atoms with Crippen molar-refractivity contribution < 1.29 is 4.79 Å². The van der Waals surface area contributed by atoms with Gasteiger partial charge >= 0.3 is 0 Å². The molecule has 1 heteroatoms. The third-order valence-corrected chi connectivity index (χ3v) is 4.25. The van der Waals surface area contributed by atoms with Gasteiger partial charge in [0.2, 0.25) is 0 Å². The first-order valence-electron chi connectivity index (χ1n) is 7.39. The summed E-state index contributed by atoms with van der Waals surface area (Å²) in [7, 11) is 0. The number of carbonyl (C=O) groups excluding carboxylic acids is 1. The molecule has 0 N–H and O–H groups in total. The van der Waals surface area contributed by atoms with Gasteiger partial charge in [0.1, 0.15) is 0 Å². The fourth-order valence-corrected chi connectivity index (χ4v) is 3.01. The smallest absolute Gasteiger partial charge is 0.193 e. The zero-order chi connectivity index (χ0) is 14.1. The van der Waals surface area contributed by atoms with E-state index in [0.717, 1.165) is 35.1 Å². The predicted octanol–water partition coefficient (Wildman–Crippen LogP) is 4.41. The van der Waals surface area contributed by atoms with E-state index >= 15 is 0 Å². The molecule has 1 aliphatic rings. The molecule has 0 heterocycles. The molecule has 0 unspecified atom stereocenters. The molecule has 0 radical (unpaired) electrons. The Kier molecular flexibility index (Phi) is 3.43. The Labute approximate surface area is 120 Å². The molecule has 0 amide bonds. The van der Waals surface area contributed by atoms with Crippen molar-refractivity contribution in [2.45, 2.75) is 39.5 Å². The van der Waals surface area contributed by atoms with E-state index in [1.807, 2.05) is 32.0 Å². The zero-order valence-electron chi connectivity index (χ0n) is 12.2. The molecular weight excluding hydrogens is 244 g/mol. The van der Waals surface area contributed by atoms with Crippen molar-refractivity contribution in [1.29, 1.82) is 0 Å². The van der Waals surface area contributed by atoms with E-state index in [1.54, 1.807) is 0 Å². The average Bonchev–Trinajstić information content (AvgIpc) is 2.48. The summed E-state index contributed by atoms with van der Waals surface area (Å²) < 4.78 is 0. The minimum Gasteiger partial charge on any atom is -0.289 e. The van der Waals surface area contributed by atoms with Gasteiger partial charge in [-0.15, -0.1) is 0 Å². The van der Waals surface area contributed by atoms with Gasteiger partial charge in [0.15, 0.2) is 5.78 Å². The second-order valence-corrected chi connectivity index (χ2v) is 5.84. The molecule has 0 atom stereocenters. The molecule has 3 rings (SSSR count). The van der Waals surface area contributed by atoms with Crippen LogP contribution >= 0.6 is 0 Å². The maximum absolute atomic E-state index is 12.7. The average molecular weight is 264 g/mol. The lowest BCUT2D eigenvalue weighted by Crippen LogP contribution is -2.08. The second kappa shape index (κ2) is 5.24. The molecular formula is C19H20O. The molecule has 1 aliphatic carbocycles. The lowest BCUT2D eigenvalue weighted by molar-refractivity contribution is 0.103. The normalized spacial score (nSPS) is 13.9. The number of ketones is 1. The molecule has 1 nitrogen and oxygen atoms in total. The first kappa shape index (κ1) is 13.1. The fourth-order valence-electron chi connectivity index (χ4n) is 3.01. The van der Waals surface area contributed by atoms with Gasteiger partial charge < -0.3 is 0 Å². The number of aryl methyl sites for hydroxylation is 4. The molecule has 0 saturated heterocycles. The van der Waals surface area contributed by atoms with E-state index in [0.29, 0.717) is 0 Å². The number of carbonyl (C=O) groups is 1. The number of hydrogen-bond donors (Lipinski definition) is 0. The molecule has 20 heavy (non-hydrogen) atoms. The van der Waals surface area contributed by atoms with E-state index in [9.17, 15) is 4.79 Å². The monoisotopic (exact) mass is 264 g/mol. The standard InChI is InChI=1S/C19H20O/c1-13-7-8-14(2)18(11-13)19(20)17-10-9-15-5-3-4-6-16(15)12-17/h7-12H,3-6H2,1-2H3. The summed E-state index contributed by atoms with van der Waals surface area (Å²) >= 11 is 0. The van der Waals surface area contributed by atoms with Crippen molar-refractivity contribution in [3.8, 4) is 0 Å². The molecule has 0 bridgehead atoms. The minimum atomic E-state index is 0.152. The highest BCUT2D eigenvalue weighted by Crippen LogP contribution is 2.24. The van der Waals surface area contributed by atoms with Gasteiger partial charge in [-0.05, 0) is 68.4 Å². The van der Waals surface area contributed by atoms with Crippen LogP contribution in [0.3, 0.4) is 0 Å². The Bertz CT molecular complexity index is 667. The summed E-state index contributed by atoms with van der Waals surface area (Å²) in [6.07, 6.45) is 4.79. The summed E-state index contributed by atoms with van der Waals surface area (Å²) in [5, 5.41) is 0. The lowest BCUT2D eigenvalue weighted by Gasteiger charge is -2.16. The Morgan fingerprint density at radius 2 is 1.65 bits per heavy atom. The van der Waals surface area contributed by atoms with Crippen LogP contribution in [0.2, 0.25) is 0 Å². The lowest BCUT2D eigenvalue weighted by atomic mass is 9.88. The van der Waals surface area contributed by atoms with Gasteiger partial charge in [-0.25, -0.2) is 0 Å². The zero-order valence-corrected chi connectivity index (χ0v) is 12.2. The van der Waals surface area contributed by atoms with Gasteiger partial charge in [-0.3, -0.25) is 4.79 Å². The van der Waals surface area contributed by atoms with Crippen LogP contribution in [0.1, 0.15) is 51.0 Å². The van der Waals surface area contributed by atoms with Gasteiger partial charge in [0.05, 0.1) is 0 Å². The van der Waals surface area contributed by atoms with E-state index < -0.39 is 0 Å². The highest BCUT2D eigenvalue weighted by Gasteiger charge is 2.15. The molecule has 0 saturated carbocycles. The second-order valence-electron chi connectivity index (χ2n) is 5.84. The van der Waals surface area contributed by atoms with Gasteiger partial charge in [-0.1, -0.05) is 29.8 Å². The summed E-state index contributed by atoms with van der Waals surface area (Å²) in [5.74, 6) is 0.152. The van der Waals surface area contributed by atoms with Crippen LogP contribution < -0.4 is 0 Å². The maximum atomic E-state index is 12.7. The summed E-state index contributed by atoms with van der Waals surface area (Å²) in [4.78, 5) is 12.7. The van der Waals surface area contributed by atoms with Crippen LogP contribution in [0.25, 0.3) is 0 Å². The fraction of sp³-hybridized carbons (Fsp3) is 0.316. The highest BCUT2D eigenvalue weighted by molar-refractivity contribution is 6.10. The van der Waals surface area contributed by atoms with Crippen LogP contribution in [-0.4, -0.2) is 5.78 Å². The Morgan fingerprint density at radius 3 is 2.45 bits per heavy atom. The van der Waals surface area contributed by atoms with Crippen LogP contribution in [0.15, 0.2) is 36.4 Å². The van der Waals surface area contributed by atoms with Crippen molar-refractivity contribution >= 4 is 5.78 Å². The molecule has 0 fully saturated rings. The van der Waals surface area contributed by atoms with Crippen LogP contribution in [0, 0.1) is 13.8 Å². The largest absolute Gasteiger partial charge is 0.289 e. The van der Waals surface area contributed by atoms with E-state index in [2.05, 4.69) is 18.2 Å². The molecule has 0 aliphatic heterocycles. The topological polar surface area (TPSA) is 17.1 Å². The maximum Gasteiger partial charge on any atom is 0.193 e. The summed E-state index contributed by atoms with van der Waals surface area (Å²) in [6, 6.07) is 12.3. The number of benzene rings is 2. The molecule has 102 valence electrons. The van der Waals surface area contributed by atoms with Crippen LogP contribution in [-0.2, 0) is 12.8 Å². The van der Waals surface area contributed by atoms with Crippen LogP contribution in [0.4, 0.5) is 0 Å². The number of fused-ring (bicyclic) bond motifs is 1. The Balaban J connectivity index is 2.00. The quantitative estimate of drug-likeness (QED) is 0.734. The summed E-state index contributed by atoms with van der Waals surface area (Å²) in [5.41, 5.74) is 6.65. The third kappa shape index (κ3) is 2.40. The molecule has 0 spiro atoms. The molecule has 2 aromatic rings.